The number of amides is 1. The van der Waals surface area contributed by atoms with Crippen LogP contribution in [0, 0.1) is 6.92 Å². The summed E-state index contributed by atoms with van der Waals surface area (Å²) in [4.78, 5) is 17.7. The Hall–Kier alpha value is -3.42. The van der Waals surface area contributed by atoms with Crippen molar-refractivity contribution in [3.05, 3.63) is 105 Å². The molecule has 3 aromatic carbocycles. The standard InChI is InChI=1S/C25H19BrClN5O/c1-16-13-23(29-24(33)18-9-11-19(26)12-10-18)32(30-16)25-28-21-7-2-3-8-22(21)31(25)15-17-5-4-6-20(27)14-17/h2-14H,15H2,1H3,(H,29,33). The molecule has 0 bridgehead atoms. The van der Waals surface area contributed by atoms with E-state index in [2.05, 4.69) is 30.9 Å². The molecule has 8 heteroatoms. The molecule has 0 atom stereocenters. The predicted molar refractivity (Wildman–Crippen MR) is 134 cm³/mol. The zero-order chi connectivity index (χ0) is 22.9. The molecule has 1 amide bonds. The quantitative estimate of drug-likeness (QED) is 0.298. The Morgan fingerprint density at radius 2 is 1.82 bits per heavy atom. The third-order valence-corrected chi connectivity index (χ3v) is 6.00. The van der Waals surface area contributed by atoms with Crippen molar-refractivity contribution in [3.8, 4) is 5.95 Å². The third-order valence-electron chi connectivity index (χ3n) is 5.23. The molecule has 0 aliphatic carbocycles. The first-order chi connectivity index (χ1) is 16.0. The number of fused-ring (bicyclic) bond motifs is 1. The molecule has 0 spiro atoms. The highest BCUT2D eigenvalue weighted by molar-refractivity contribution is 9.10. The highest BCUT2D eigenvalue weighted by Crippen LogP contribution is 2.25. The van der Waals surface area contributed by atoms with Crippen LogP contribution in [-0.2, 0) is 6.54 Å². The smallest absolute Gasteiger partial charge is 0.256 e. The first kappa shape index (κ1) is 21.4. The molecule has 0 saturated carbocycles. The Kier molecular flexibility index (Phi) is 5.74. The molecule has 0 radical (unpaired) electrons. The number of rotatable bonds is 5. The normalized spacial score (nSPS) is 11.1. The number of halogens is 2. The van der Waals surface area contributed by atoms with E-state index in [1.54, 1.807) is 16.8 Å². The first-order valence-corrected chi connectivity index (χ1v) is 11.5. The zero-order valence-corrected chi connectivity index (χ0v) is 20.0. The lowest BCUT2D eigenvalue weighted by Gasteiger charge is -2.12. The summed E-state index contributed by atoms with van der Waals surface area (Å²) in [6, 6.07) is 24.7. The molecular formula is C25H19BrClN5O. The largest absolute Gasteiger partial charge is 0.306 e. The van der Waals surface area contributed by atoms with Crippen LogP contribution in [0.5, 0.6) is 0 Å². The van der Waals surface area contributed by atoms with E-state index in [1.165, 1.54) is 0 Å². The number of imidazole rings is 1. The van der Waals surface area contributed by atoms with E-state index < -0.39 is 0 Å². The number of nitrogens with zero attached hydrogens (tertiary/aromatic N) is 4. The SMILES string of the molecule is Cc1cc(NC(=O)c2ccc(Br)cc2)n(-c2nc3ccccc3n2Cc2cccc(Cl)c2)n1. The lowest BCUT2D eigenvalue weighted by Crippen LogP contribution is -2.17. The van der Waals surface area contributed by atoms with Crippen molar-refractivity contribution in [1.29, 1.82) is 0 Å². The van der Waals surface area contributed by atoms with Crippen LogP contribution < -0.4 is 5.32 Å². The molecule has 2 aromatic heterocycles. The molecule has 2 heterocycles. The Balaban J connectivity index is 1.58. The van der Waals surface area contributed by atoms with E-state index in [9.17, 15) is 4.79 Å². The summed E-state index contributed by atoms with van der Waals surface area (Å²) in [5, 5.41) is 8.30. The number of aromatic nitrogens is 4. The average Bonchev–Trinajstić information content (AvgIpc) is 3.34. The van der Waals surface area contributed by atoms with Crippen molar-refractivity contribution in [1.82, 2.24) is 19.3 Å². The van der Waals surface area contributed by atoms with Gasteiger partial charge in [-0.25, -0.2) is 4.98 Å². The lowest BCUT2D eigenvalue weighted by atomic mass is 10.2. The Morgan fingerprint density at radius 3 is 2.61 bits per heavy atom. The number of para-hydroxylation sites is 2. The van der Waals surface area contributed by atoms with Crippen LogP contribution in [-0.4, -0.2) is 25.2 Å². The van der Waals surface area contributed by atoms with Gasteiger partial charge in [-0.1, -0.05) is 51.8 Å². The van der Waals surface area contributed by atoms with Gasteiger partial charge in [0.25, 0.3) is 5.91 Å². The molecule has 33 heavy (non-hydrogen) atoms. The summed E-state index contributed by atoms with van der Waals surface area (Å²) in [5.41, 5.74) is 4.16. The molecule has 0 saturated heterocycles. The maximum atomic E-state index is 12.9. The van der Waals surface area contributed by atoms with Crippen molar-refractivity contribution >= 4 is 50.3 Å². The fourth-order valence-electron chi connectivity index (χ4n) is 3.73. The highest BCUT2D eigenvalue weighted by atomic mass is 79.9. The monoisotopic (exact) mass is 519 g/mol. The van der Waals surface area contributed by atoms with Crippen LogP contribution in [0.2, 0.25) is 5.02 Å². The van der Waals surface area contributed by atoms with Crippen LogP contribution in [0.15, 0.2) is 83.3 Å². The minimum Gasteiger partial charge on any atom is -0.306 e. The van der Waals surface area contributed by atoms with Crippen molar-refractivity contribution in [2.45, 2.75) is 13.5 Å². The summed E-state index contributed by atoms with van der Waals surface area (Å²) in [7, 11) is 0. The van der Waals surface area contributed by atoms with Gasteiger partial charge in [0.2, 0.25) is 5.95 Å². The van der Waals surface area contributed by atoms with Crippen LogP contribution in [0.3, 0.4) is 0 Å². The summed E-state index contributed by atoms with van der Waals surface area (Å²) in [6.45, 7) is 2.44. The van der Waals surface area contributed by atoms with Gasteiger partial charge in [-0.3, -0.25) is 4.79 Å². The summed E-state index contributed by atoms with van der Waals surface area (Å²) in [6.07, 6.45) is 0. The molecule has 0 fully saturated rings. The maximum Gasteiger partial charge on any atom is 0.256 e. The predicted octanol–water partition coefficient (Wildman–Crippen LogP) is 6.25. The highest BCUT2D eigenvalue weighted by Gasteiger charge is 2.19. The molecule has 0 unspecified atom stereocenters. The first-order valence-electron chi connectivity index (χ1n) is 10.3. The van der Waals surface area contributed by atoms with E-state index in [0.717, 1.165) is 26.8 Å². The van der Waals surface area contributed by atoms with Gasteiger partial charge >= 0.3 is 0 Å². The van der Waals surface area contributed by atoms with E-state index in [0.29, 0.717) is 28.9 Å². The Morgan fingerprint density at radius 1 is 1.03 bits per heavy atom. The van der Waals surface area contributed by atoms with Gasteiger partial charge in [0.1, 0.15) is 5.82 Å². The number of carbonyl (C=O) groups excluding carboxylic acids is 1. The minimum absolute atomic E-state index is 0.221. The fourth-order valence-corrected chi connectivity index (χ4v) is 4.21. The Labute approximate surface area is 204 Å². The van der Waals surface area contributed by atoms with Crippen molar-refractivity contribution in [2.75, 3.05) is 5.32 Å². The second kappa shape index (κ2) is 8.84. The van der Waals surface area contributed by atoms with Crippen LogP contribution >= 0.6 is 27.5 Å². The summed E-state index contributed by atoms with van der Waals surface area (Å²) in [5.74, 6) is 0.930. The fraction of sp³-hybridized carbons (Fsp3) is 0.0800. The second-order valence-corrected chi connectivity index (χ2v) is 9.01. The number of hydrogen-bond acceptors (Lipinski definition) is 3. The van der Waals surface area contributed by atoms with Gasteiger partial charge < -0.3 is 9.88 Å². The molecule has 1 N–H and O–H groups in total. The Bertz CT molecular complexity index is 1470. The second-order valence-electron chi connectivity index (χ2n) is 7.66. The van der Waals surface area contributed by atoms with Gasteiger partial charge in [0.15, 0.2) is 0 Å². The van der Waals surface area contributed by atoms with Gasteiger partial charge in [-0.05, 0) is 61.0 Å². The number of carbonyl (C=O) groups is 1. The van der Waals surface area contributed by atoms with E-state index >= 15 is 0 Å². The lowest BCUT2D eigenvalue weighted by molar-refractivity contribution is 0.102. The average molecular weight is 521 g/mol. The molecule has 5 aromatic rings. The van der Waals surface area contributed by atoms with Crippen molar-refractivity contribution in [2.24, 2.45) is 0 Å². The maximum absolute atomic E-state index is 12.9. The zero-order valence-electron chi connectivity index (χ0n) is 17.7. The van der Waals surface area contributed by atoms with E-state index in [1.807, 2.05) is 73.7 Å². The molecule has 0 aliphatic rings. The summed E-state index contributed by atoms with van der Waals surface area (Å²) >= 11 is 9.62. The number of aryl methyl sites for hydroxylation is 1. The summed E-state index contributed by atoms with van der Waals surface area (Å²) < 4.78 is 4.66. The topological polar surface area (TPSA) is 64.7 Å². The molecule has 6 nitrogen and oxygen atoms in total. The van der Waals surface area contributed by atoms with E-state index in [4.69, 9.17) is 16.6 Å². The van der Waals surface area contributed by atoms with E-state index in [-0.39, 0.29) is 5.91 Å². The van der Waals surface area contributed by atoms with Gasteiger partial charge in [0, 0.05) is 21.1 Å². The number of anilines is 1. The van der Waals surface area contributed by atoms with Crippen LogP contribution in [0.4, 0.5) is 5.82 Å². The number of benzene rings is 3. The molecule has 164 valence electrons. The van der Waals surface area contributed by atoms with Gasteiger partial charge in [-0.2, -0.15) is 9.78 Å². The molecular weight excluding hydrogens is 502 g/mol. The van der Waals surface area contributed by atoms with Gasteiger partial charge in [0.05, 0.1) is 23.3 Å². The molecule has 0 aliphatic heterocycles. The third kappa shape index (κ3) is 4.42. The number of hydrogen-bond donors (Lipinski definition) is 1. The van der Waals surface area contributed by atoms with Gasteiger partial charge in [-0.15, -0.1) is 0 Å². The minimum atomic E-state index is -0.221. The number of nitrogens with one attached hydrogen (secondary N) is 1. The van der Waals surface area contributed by atoms with Crippen LogP contribution in [0.1, 0.15) is 21.6 Å². The van der Waals surface area contributed by atoms with Crippen molar-refractivity contribution in [3.63, 3.8) is 0 Å². The molecule has 5 rings (SSSR count). The van der Waals surface area contributed by atoms with Crippen molar-refractivity contribution < 1.29 is 4.79 Å². The van der Waals surface area contributed by atoms with Crippen LogP contribution in [0.25, 0.3) is 17.0 Å².